The Morgan fingerprint density at radius 3 is 2.85 bits per heavy atom. The molecule has 0 saturated heterocycles. The van der Waals surface area contributed by atoms with Crippen LogP contribution in [0.1, 0.15) is 15.4 Å². The number of carboxylic acid groups (broad SMARTS) is 1. The van der Waals surface area contributed by atoms with E-state index in [1.165, 1.54) is 11.3 Å². The van der Waals surface area contributed by atoms with E-state index in [1.807, 2.05) is 17.5 Å². The van der Waals surface area contributed by atoms with E-state index in [0.717, 1.165) is 16.2 Å². The lowest BCUT2D eigenvalue weighted by molar-refractivity contribution is -0.139. The van der Waals surface area contributed by atoms with Gasteiger partial charge in [0.1, 0.15) is 16.6 Å². The van der Waals surface area contributed by atoms with Crippen molar-refractivity contribution in [2.24, 2.45) is 0 Å². The van der Waals surface area contributed by atoms with Crippen molar-refractivity contribution >= 4 is 34.6 Å². The van der Waals surface area contributed by atoms with Gasteiger partial charge in [-0.05, 0) is 18.4 Å². The van der Waals surface area contributed by atoms with Crippen molar-refractivity contribution < 1.29 is 19.1 Å². The van der Waals surface area contributed by atoms with E-state index in [9.17, 15) is 14.0 Å². The topological polar surface area (TPSA) is 79.3 Å². The minimum Gasteiger partial charge on any atom is -0.480 e. The van der Waals surface area contributed by atoms with Crippen LogP contribution in [0, 0.1) is 6.92 Å². The molecule has 2 aromatic rings. The van der Waals surface area contributed by atoms with Crippen LogP contribution >= 0.6 is 22.7 Å². The molecule has 2 aromatic heterocycles. The molecule has 0 aliphatic heterocycles. The number of nitrogens with zero attached hydrogens (tertiary/aromatic N) is 1. The zero-order valence-corrected chi connectivity index (χ0v) is 12.1. The van der Waals surface area contributed by atoms with Crippen LogP contribution in [0.15, 0.2) is 17.5 Å². The number of carbonyl (C=O) groups excluding carboxylic acids is 1. The second-order valence-corrected chi connectivity index (χ2v) is 5.88. The van der Waals surface area contributed by atoms with E-state index in [0.29, 0.717) is 15.6 Å². The van der Waals surface area contributed by atoms with Crippen LogP contribution in [0.2, 0.25) is 0 Å². The highest BCUT2D eigenvalue weighted by Crippen LogP contribution is 2.30. The summed E-state index contributed by atoms with van der Waals surface area (Å²) in [6.45, 7) is 0.504. The molecule has 106 valence electrons. The van der Waals surface area contributed by atoms with Gasteiger partial charge in [-0.1, -0.05) is 6.07 Å². The van der Waals surface area contributed by atoms with Crippen LogP contribution in [-0.2, 0) is 4.79 Å². The number of thiophene rings is 1. The number of hydrogen-bond acceptors (Lipinski definition) is 5. The molecule has 2 heterocycles. The Morgan fingerprint density at radius 2 is 2.30 bits per heavy atom. The van der Waals surface area contributed by atoms with Crippen LogP contribution in [0.5, 0.6) is 0 Å². The lowest BCUT2D eigenvalue weighted by atomic mass is 10.3. The Kier molecular flexibility index (Phi) is 4.46. The van der Waals surface area contributed by atoms with Crippen molar-refractivity contribution in [3.63, 3.8) is 0 Å². The third kappa shape index (κ3) is 3.02. The minimum absolute atomic E-state index is 0.299. The molecule has 0 aliphatic rings. The Hall–Kier alpha value is -1.80. The summed E-state index contributed by atoms with van der Waals surface area (Å²) in [6, 6.07) is 2.22. The van der Waals surface area contributed by atoms with Crippen molar-refractivity contribution in [1.29, 1.82) is 0 Å². The number of aliphatic carboxylic acids is 1. The molecule has 0 spiro atoms. The number of halogens is 1. The first kappa shape index (κ1) is 14.6. The van der Waals surface area contributed by atoms with Gasteiger partial charge in [-0.25, -0.2) is 14.2 Å². The Balaban J connectivity index is 2.21. The molecule has 20 heavy (non-hydrogen) atoms. The standard InChI is InChI=1S/C12H11FN2O3S2/c1-6-9(10(16)15-7(5-13)12(17)18)20-11(14-6)8-3-2-4-19-8/h2-4,7H,5H2,1H3,(H,15,16)(H,17,18). The number of thiazole rings is 1. The molecule has 1 amide bonds. The monoisotopic (exact) mass is 314 g/mol. The maximum Gasteiger partial charge on any atom is 0.328 e. The first-order chi connectivity index (χ1) is 9.52. The van der Waals surface area contributed by atoms with Gasteiger partial charge in [-0.3, -0.25) is 4.79 Å². The van der Waals surface area contributed by atoms with Crippen LogP contribution < -0.4 is 5.32 Å². The van der Waals surface area contributed by atoms with Crippen LogP contribution in [0.25, 0.3) is 9.88 Å². The second-order valence-electron chi connectivity index (χ2n) is 3.93. The number of rotatable bonds is 5. The fourth-order valence-electron chi connectivity index (χ4n) is 1.50. The molecular weight excluding hydrogens is 303 g/mol. The third-order valence-corrected chi connectivity index (χ3v) is 4.69. The maximum absolute atomic E-state index is 12.5. The van der Waals surface area contributed by atoms with Gasteiger partial charge >= 0.3 is 5.97 Å². The number of carboxylic acids is 1. The van der Waals surface area contributed by atoms with Gasteiger partial charge in [0.25, 0.3) is 5.91 Å². The van der Waals surface area contributed by atoms with Gasteiger partial charge in [0.15, 0.2) is 6.04 Å². The number of amides is 1. The van der Waals surface area contributed by atoms with Crippen molar-refractivity contribution in [1.82, 2.24) is 10.3 Å². The van der Waals surface area contributed by atoms with E-state index < -0.39 is 24.6 Å². The molecule has 1 unspecified atom stereocenters. The quantitative estimate of drug-likeness (QED) is 0.888. The van der Waals surface area contributed by atoms with Gasteiger partial charge < -0.3 is 10.4 Å². The van der Waals surface area contributed by atoms with Crippen molar-refractivity contribution in [3.05, 3.63) is 28.1 Å². The Bertz CT molecular complexity index is 625. The molecule has 0 aromatic carbocycles. The predicted molar refractivity (Wildman–Crippen MR) is 75.0 cm³/mol. The predicted octanol–water partition coefficient (Wildman–Crippen LogP) is 2.33. The van der Waals surface area contributed by atoms with E-state index in [-0.39, 0.29) is 0 Å². The first-order valence-electron chi connectivity index (χ1n) is 5.64. The summed E-state index contributed by atoms with van der Waals surface area (Å²) in [6.07, 6.45) is 0. The van der Waals surface area contributed by atoms with E-state index in [2.05, 4.69) is 10.3 Å². The summed E-state index contributed by atoms with van der Waals surface area (Å²) >= 11 is 2.66. The lowest BCUT2D eigenvalue weighted by Gasteiger charge is -2.09. The van der Waals surface area contributed by atoms with Gasteiger partial charge in [-0.15, -0.1) is 22.7 Å². The molecule has 5 nitrogen and oxygen atoms in total. The highest BCUT2D eigenvalue weighted by Gasteiger charge is 2.23. The highest BCUT2D eigenvalue weighted by molar-refractivity contribution is 7.22. The largest absolute Gasteiger partial charge is 0.480 e. The average Bonchev–Trinajstić information content (AvgIpc) is 3.03. The zero-order valence-electron chi connectivity index (χ0n) is 10.4. The number of aryl methyl sites for hydroxylation is 1. The van der Waals surface area contributed by atoms with Gasteiger partial charge in [-0.2, -0.15) is 0 Å². The number of nitrogens with one attached hydrogen (secondary N) is 1. The Labute approximate surface area is 122 Å². The normalized spacial score (nSPS) is 12.1. The fourth-order valence-corrected chi connectivity index (χ4v) is 3.27. The average molecular weight is 314 g/mol. The summed E-state index contributed by atoms with van der Waals surface area (Å²) < 4.78 is 12.5. The molecule has 0 radical (unpaired) electrons. The minimum atomic E-state index is -1.53. The fraction of sp³-hybridized carbons (Fsp3) is 0.250. The summed E-state index contributed by atoms with van der Waals surface area (Å²) in [7, 11) is 0. The van der Waals surface area contributed by atoms with Crippen molar-refractivity contribution in [3.8, 4) is 9.88 Å². The zero-order chi connectivity index (χ0) is 14.7. The van der Waals surface area contributed by atoms with E-state index in [4.69, 9.17) is 5.11 Å². The number of aromatic nitrogens is 1. The van der Waals surface area contributed by atoms with Gasteiger partial charge in [0.2, 0.25) is 0 Å². The summed E-state index contributed by atoms with van der Waals surface area (Å²) in [5.74, 6) is -2.02. The molecule has 0 saturated carbocycles. The SMILES string of the molecule is Cc1nc(-c2cccs2)sc1C(=O)NC(CF)C(=O)O. The van der Waals surface area contributed by atoms with E-state index >= 15 is 0 Å². The first-order valence-corrected chi connectivity index (χ1v) is 7.33. The molecule has 1 atom stereocenters. The second kappa shape index (κ2) is 6.10. The maximum atomic E-state index is 12.5. The van der Waals surface area contributed by atoms with Crippen LogP contribution in [0.4, 0.5) is 4.39 Å². The number of alkyl halides is 1. The summed E-state index contributed by atoms with van der Waals surface area (Å²) in [5.41, 5.74) is 0.499. The lowest BCUT2D eigenvalue weighted by Crippen LogP contribution is -2.42. The highest BCUT2D eigenvalue weighted by atomic mass is 32.1. The molecule has 2 N–H and O–H groups in total. The van der Waals surface area contributed by atoms with Gasteiger partial charge in [0.05, 0.1) is 10.6 Å². The molecular formula is C12H11FN2O3S2. The molecule has 0 fully saturated rings. The molecule has 2 rings (SSSR count). The smallest absolute Gasteiger partial charge is 0.328 e. The third-order valence-electron chi connectivity index (χ3n) is 2.49. The number of carbonyl (C=O) groups is 2. The van der Waals surface area contributed by atoms with Crippen LogP contribution in [-0.4, -0.2) is 34.7 Å². The van der Waals surface area contributed by atoms with E-state index in [1.54, 1.807) is 6.92 Å². The van der Waals surface area contributed by atoms with Crippen LogP contribution in [0.3, 0.4) is 0 Å². The summed E-state index contributed by atoms with van der Waals surface area (Å²) in [5, 5.41) is 13.5. The molecule has 8 heteroatoms. The Morgan fingerprint density at radius 1 is 1.55 bits per heavy atom. The molecule has 0 bridgehead atoms. The molecule has 0 aliphatic carbocycles. The number of hydrogen-bond donors (Lipinski definition) is 2. The van der Waals surface area contributed by atoms with Gasteiger partial charge in [0, 0.05) is 0 Å². The van der Waals surface area contributed by atoms with Crippen molar-refractivity contribution in [2.45, 2.75) is 13.0 Å². The van der Waals surface area contributed by atoms with Crippen molar-refractivity contribution in [2.75, 3.05) is 6.67 Å². The summed E-state index contributed by atoms with van der Waals surface area (Å²) in [4.78, 5) is 28.2.